The molecule has 0 saturated heterocycles. The minimum atomic E-state index is -1.77. The first-order valence-corrected chi connectivity index (χ1v) is 13.7. The fourth-order valence-electron chi connectivity index (χ4n) is 3.66. The monoisotopic (exact) mass is 414 g/mol. The molecule has 0 bridgehead atoms. The van der Waals surface area contributed by atoms with Crippen LogP contribution in [-0.4, -0.2) is 8.07 Å². The van der Waals surface area contributed by atoms with Gasteiger partial charge in [0.2, 0.25) is 0 Å². The van der Waals surface area contributed by atoms with Crippen LogP contribution in [0.2, 0.25) is 13.1 Å². The van der Waals surface area contributed by atoms with Crippen molar-refractivity contribution in [3.05, 3.63) is 143 Å². The van der Waals surface area contributed by atoms with Gasteiger partial charge in [0.05, 0.1) is 0 Å². The van der Waals surface area contributed by atoms with E-state index < -0.39 is 8.07 Å². The van der Waals surface area contributed by atoms with E-state index in [2.05, 4.69) is 116 Å². The molecule has 0 aliphatic heterocycles. The first-order chi connectivity index (χ1) is 15.1. The van der Waals surface area contributed by atoms with Crippen molar-refractivity contribution >= 4 is 18.8 Å². The Morgan fingerprint density at radius 2 is 1.00 bits per heavy atom. The molecular formula is C30H26Si. The van der Waals surface area contributed by atoms with Crippen LogP contribution in [0.4, 0.5) is 0 Å². The smallest absolute Gasteiger partial charge is 0.0818 e. The molecule has 31 heavy (non-hydrogen) atoms. The minimum Gasteiger partial charge on any atom is -0.0818 e. The summed E-state index contributed by atoms with van der Waals surface area (Å²) in [7, 11) is -1.77. The molecule has 0 N–H and O–H groups in total. The Morgan fingerprint density at radius 3 is 1.58 bits per heavy atom. The Kier molecular flexibility index (Phi) is 6.31. The predicted molar refractivity (Wildman–Crippen MR) is 136 cm³/mol. The Balaban J connectivity index is 1.71. The zero-order valence-corrected chi connectivity index (χ0v) is 19.0. The van der Waals surface area contributed by atoms with Crippen molar-refractivity contribution < 1.29 is 0 Å². The lowest BCUT2D eigenvalue weighted by atomic mass is 9.98. The standard InChI is InChI=1S/C30H26Si/c1-31(2,29-16-10-5-11-17-29)24-30(27-14-8-4-9-15-27)28-22-20-26(21-23-28)19-18-25-12-6-3-7-13-25/h3-17,20-24H,1-2H3/b30-24-. The summed E-state index contributed by atoms with van der Waals surface area (Å²) in [5.74, 6) is 6.52. The van der Waals surface area contributed by atoms with Crippen LogP contribution in [0.15, 0.2) is 121 Å². The van der Waals surface area contributed by atoms with Gasteiger partial charge in [0.25, 0.3) is 0 Å². The summed E-state index contributed by atoms with van der Waals surface area (Å²) in [6.45, 7) is 4.82. The van der Waals surface area contributed by atoms with E-state index in [0.717, 1.165) is 11.1 Å². The molecule has 0 nitrogen and oxygen atoms in total. The van der Waals surface area contributed by atoms with Gasteiger partial charge in [-0.15, -0.1) is 0 Å². The van der Waals surface area contributed by atoms with Crippen molar-refractivity contribution in [3.8, 4) is 11.8 Å². The number of hydrogen-bond acceptors (Lipinski definition) is 0. The molecule has 4 rings (SSSR count). The van der Waals surface area contributed by atoms with Gasteiger partial charge in [0, 0.05) is 11.1 Å². The number of benzene rings is 4. The molecule has 4 aromatic rings. The summed E-state index contributed by atoms with van der Waals surface area (Å²) >= 11 is 0. The van der Waals surface area contributed by atoms with Crippen molar-refractivity contribution in [3.63, 3.8) is 0 Å². The highest BCUT2D eigenvalue weighted by molar-refractivity contribution is 6.94. The molecule has 150 valence electrons. The van der Waals surface area contributed by atoms with Gasteiger partial charge in [-0.3, -0.25) is 0 Å². The second kappa shape index (κ2) is 9.47. The maximum absolute atomic E-state index is 3.28. The largest absolute Gasteiger partial charge is 0.104 e. The topological polar surface area (TPSA) is 0 Å². The molecule has 0 spiro atoms. The fourth-order valence-corrected chi connectivity index (χ4v) is 5.94. The molecule has 0 amide bonds. The molecule has 0 fully saturated rings. The molecular weight excluding hydrogens is 388 g/mol. The van der Waals surface area contributed by atoms with Gasteiger partial charge in [-0.05, 0) is 41.0 Å². The highest BCUT2D eigenvalue weighted by Crippen LogP contribution is 2.26. The van der Waals surface area contributed by atoms with E-state index in [9.17, 15) is 0 Å². The quantitative estimate of drug-likeness (QED) is 0.258. The Hall–Kier alpha value is -3.60. The van der Waals surface area contributed by atoms with E-state index in [4.69, 9.17) is 0 Å². The molecule has 0 aliphatic rings. The summed E-state index contributed by atoms with van der Waals surface area (Å²) in [5, 5.41) is 1.44. The maximum Gasteiger partial charge on any atom is 0.104 e. The van der Waals surface area contributed by atoms with Crippen LogP contribution in [0, 0.1) is 11.8 Å². The SMILES string of the molecule is C[Si](C)(/C=C(/c1ccccc1)c1ccc(C#Cc2ccccc2)cc1)c1ccccc1. The van der Waals surface area contributed by atoms with Gasteiger partial charge >= 0.3 is 0 Å². The lowest BCUT2D eigenvalue weighted by Gasteiger charge is -2.21. The summed E-state index contributed by atoms with van der Waals surface area (Å²) in [6, 6.07) is 40.3. The van der Waals surface area contributed by atoms with Gasteiger partial charge in [-0.1, -0.05) is 127 Å². The van der Waals surface area contributed by atoms with Gasteiger partial charge in [0.1, 0.15) is 8.07 Å². The zero-order valence-electron chi connectivity index (χ0n) is 18.0. The van der Waals surface area contributed by atoms with Crippen LogP contribution in [0.1, 0.15) is 22.3 Å². The number of rotatable bonds is 4. The minimum absolute atomic E-state index is 1.03. The lowest BCUT2D eigenvalue weighted by molar-refractivity contribution is 1.53. The summed E-state index contributed by atoms with van der Waals surface area (Å²) in [4.78, 5) is 0. The normalized spacial score (nSPS) is 11.5. The lowest BCUT2D eigenvalue weighted by Crippen LogP contribution is -2.39. The molecule has 0 heterocycles. The van der Waals surface area contributed by atoms with Crippen LogP contribution in [0.5, 0.6) is 0 Å². The maximum atomic E-state index is 3.28. The molecule has 0 saturated carbocycles. The van der Waals surface area contributed by atoms with Crippen molar-refractivity contribution in [2.45, 2.75) is 13.1 Å². The molecule has 0 unspecified atom stereocenters. The van der Waals surface area contributed by atoms with Crippen LogP contribution in [0.25, 0.3) is 5.57 Å². The molecule has 4 aromatic carbocycles. The Labute approximate surface area is 186 Å². The average molecular weight is 415 g/mol. The van der Waals surface area contributed by atoms with Crippen molar-refractivity contribution in [2.75, 3.05) is 0 Å². The van der Waals surface area contributed by atoms with E-state index in [1.165, 1.54) is 21.9 Å². The number of hydrogen-bond donors (Lipinski definition) is 0. The van der Waals surface area contributed by atoms with Crippen LogP contribution < -0.4 is 5.19 Å². The molecule has 0 aromatic heterocycles. The molecule has 0 atom stereocenters. The van der Waals surface area contributed by atoms with Gasteiger partial charge < -0.3 is 0 Å². The van der Waals surface area contributed by atoms with E-state index in [1.807, 2.05) is 30.3 Å². The third-order valence-electron chi connectivity index (χ3n) is 5.43. The summed E-state index contributed by atoms with van der Waals surface area (Å²) in [5.41, 5.74) is 8.35. The molecule has 0 radical (unpaired) electrons. The Morgan fingerprint density at radius 1 is 0.548 bits per heavy atom. The first-order valence-electron chi connectivity index (χ1n) is 10.6. The summed E-state index contributed by atoms with van der Waals surface area (Å²) in [6.07, 6.45) is 0. The van der Waals surface area contributed by atoms with Gasteiger partial charge in [0.15, 0.2) is 0 Å². The van der Waals surface area contributed by atoms with Gasteiger partial charge in [-0.2, -0.15) is 0 Å². The zero-order chi connectivity index (χ0) is 21.5. The Bertz CT molecular complexity index is 1210. The van der Waals surface area contributed by atoms with E-state index in [-0.39, 0.29) is 0 Å². The molecule has 0 aliphatic carbocycles. The van der Waals surface area contributed by atoms with Gasteiger partial charge in [-0.25, -0.2) is 0 Å². The predicted octanol–water partition coefficient (Wildman–Crippen LogP) is 6.67. The highest BCUT2D eigenvalue weighted by atomic mass is 28.3. The average Bonchev–Trinajstić information content (AvgIpc) is 2.83. The van der Waals surface area contributed by atoms with E-state index in [1.54, 1.807) is 0 Å². The first kappa shape index (κ1) is 20.7. The second-order valence-electron chi connectivity index (χ2n) is 8.21. The van der Waals surface area contributed by atoms with Crippen LogP contribution >= 0.6 is 0 Å². The second-order valence-corrected chi connectivity index (χ2v) is 12.5. The highest BCUT2D eigenvalue weighted by Gasteiger charge is 2.22. The van der Waals surface area contributed by atoms with Crippen molar-refractivity contribution in [1.82, 2.24) is 0 Å². The van der Waals surface area contributed by atoms with E-state index >= 15 is 0 Å². The van der Waals surface area contributed by atoms with Crippen LogP contribution in [0.3, 0.4) is 0 Å². The fraction of sp³-hybridized carbons (Fsp3) is 0.0667. The summed E-state index contributed by atoms with van der Waals surface area (Å²) < 4.78 is 0. The van der Waals surface area contributed by atoms with E-state index in [0.29, 0.717) is 0 Å². The van der Waals surface area contributed by atoms with Crippen molar-refractivity contribution in [1.29, 1.82) is 0 Å². The van der Waals surface area contributed by atoms with Crippen molar-refractivity contribution in [2.24, 2.45) is 0 Å². The third kappa shape index (κ3) is 5.31. The third-order valence-corrected chi connectivity index (χ3v) is 8.26. The molecule has 1 heteroatoms. The van der Waals surface area contributed by atoms with Crippen LogP contribution in [-0.2, 0) is 0 Å².